The zero-order chi connectivity index (χ0) is 13.7. The normalized spacial score (nSPS) is 21.3. The van der Waals surface area contributed by atoms with Crippen LogP contribution in [0.4, 0.5) is 0 Å². The Bertz CT molecular complexity index is 405. The van der Waals surface area contributed by atoms with E-state index in [0.717, 1.165) is 18.2 Å². The zero-order valence-corrected chi connectivity index (χ0v) is 13.6. The molecule has 106 valence electrons. The number of hydrogen-bond acceptors (Lipinski definition) is 2. The van der Waals surface area contributed by atoms with Crippen LogP contribution < -0.4 is 5.32 Å². The molecular weight excluding hydrogens is 297 g/mol. The van der Waals surface area contributed by atoms with Gasteiger partial charge in [0.15, 0.2) is 0 Å². The van der Waals surface area contributed by atoms with Gasteiger partial charge in [-0.1, -0.05) is 42.6 Å². The maximum absolute atomic E-state index is 6.10. The number of nitrogens with one attached hydrogen (secondary N) is 1. The van der Waals surface area contributed by atoms with E-state index in [2.05, 4.69) is 30.1 Å². The van der Waals surface area contributed by atoms with E-state index in [9.17, 15) is 0 Å². The van der Waals surface area contributed by atoms with E-state index in [0.29, 0.717) is 16.1 Å². The lowest BCUT2D eigenvalue weighted by atomic mass is 10.0. The van der Waals surface area contributed by atoms with Gasteiger partial charge in [-0.3, -0.25) is 0 Å². The molecular formula is C15H21Cl2NS. The minimum absolute atomic E-state index is 0.372. The molecule has 1 N–H and O–H groups in total. The fourth-order valence-corrected chi connectivity index (χ4v) is 4.03. The van der Waals surface area contributed by atoms with E-state index in [1.807, 2.05) is 12.1 Å². The molecule has 0 spiro atoms. The summed E-state index contributed by atoms with van der Waals surface area (Å²) in [6.45, 7) is 3.29. The van der Waals surface area contributed by atoms with Gasteiger partial charge in [-0.15, -0.1) is 0 Å². The van der Waals surface area contributed by atoms with Crippen molar-refractivity contribution >= 4 is 35.0 Å². The lowest BCUT2D eigenvalue weighted by Gasteiger charge is -2.25. The Balaban J connectivity index is 1.93. The van der Waals surface area contributed by atoms with Crippen LogP contribution in [0.1, 0.15) is 44.2 Å². The van der Waals surface area contributed by atoms with E-state index >= 15 is 0 Å². The van der Waals surface area contributed by atoms with Crippen molar-refractivity contribution in [2.45, 2.75) is 43.9 Å². The van der Waals surface area contributed by atoms with Gasteiger partial charge in [-0.05, 0) is 42.7 Å². The van der Waals surface area contributed by atoms with Crippen LogP contribution in [0, 0.1) is 0 Å². The molecule has 0 bridgehead atoms. The highest BCUT2D eigenvalue weighted by atomic mass is 35.5. The maximum Gasteiger partial charge on any atom is 0.0595 e. The van der Waals surface area contributed by atoms with Crippen LogP contribution in [0.15, 0.2) is 18.2 Å². The summed E-state index contributed by atoms with van der Waals surface area (Å²) in [6, 6.07) is 6.32. The molecule has 0 saturated carbocycles. The van der Waals surface area contributed by atoms with Crippen LogP contribution in [0.3, 0.4) is 0 Å². The molecule has 1 fully saturated rings. The second kappa shape index (κ2) is 7.78. The van der Waals surface area contributed by atoms with E-state index in [1.165, 1.54) is 30.6 Å². The predicted molar refractivity (Wildman–Crippen MR) is 87.6 cm³/mol. The zero-order valence-electron chi connectivity index (χ0n) is 11.3. The average molecular weight is 318 g/mol. The first-order valence-corrected chi connectivity index (χ1v) is 8.81. The number of thioether (sulfide) groups is 1. The third-order valence-corrected chi connectivity index (χ3v) is 5.76. The first kappa shape index (κ1) is 15.5. The monoisotopic (exact) mass is 317 g/mol. The van der Waals surface area contributed by atoms with Crippen molar-refractivity contribution in [1.29, 1.82) is 0 Å². The smallest absolute Gasteiger partial charge is 0.0595 e. The van der Waals surface area contributed by atoms with Crippen LogP contribution >= 0.6 is 35.0 Å². The molecule has 1 saturated heterocycles. The Morgan fingerprint density at radius 3 is 2.79 bits per heavy atom. The summed E-state index contributed by atoms with van der Waals surface area (Å²) in [4.78, 5) is 0. The summed E-state index contributed by atoms with van der Waals surface area (Å²) < 4.78 is 0. The largest absolute Gasteiger partial charge is 0.309 e. The Labute approximate surface area is 130 Å². The van der Waals surface area contributed by atoms with Crippen molar-refractivity contribution in [3.8, 4) is 0 Å². The molecule has 1 aromatic carbocycles. The molecule has 0 aromatic heterocycles. The van der Waals surface area contributed by atoms with Gasteiger partial charge in [0.05, 0.1) is 10.0 Å². The van der Waals surface area contributed by atoms with Gasteiger partial charge in [0.25, 0.3) is 0 Å². The number of hydrogen-bond donors (Lipinski definition) is 1. The fraction of sp³-hybridized carbons (Fsp3) is 0.600. The van der Waals surface area contributed by atoms with Crippen molar-refractivity contribution in [1.82, 2.24) is 5.32 Å². The molecule has 2 rings (SSSR count). The molecule has 4 heteroatoms. The molecule has 0 radical (unpaired) electrons. The standard InChI is InChI=1S/C15H21Cl2NS/c1-2-15(11-6-7-13(16)14(17)9-11)18-10-12-5-3-4-8-19-12/h6-7,9,12,15,18H,2-5,8,10H2,1H3. The number of halogens is 2. The molecule has 19 heavy (non-hydrogen) atoms. The first-order chi connectivity index (χ1) is 9.20. The van der Waals surface area contributed by atoms with Crippen molar-refractivity contribution in [3.05, 3.63) is 33.8 Å². The van der Waals surface area contributed by atoms with Gasteiger partial charge in [-0.2, -0.15) is 11.8 Å². The van der Waals surface area contributed by atoms with Gasteiger partial charge in [0.1, 0.15) is 0 Å². The van der Waals surface area contributed by atoms with Crippen molar-refractivity contribution in [2.75, 3.05) is 12.3 Å². The molecule has 0 aliphatic carbocycles. The molecule has 1 aliphatic heterocycles. The van der Waals surface area contributed by atoms with Crippen LogP contribution in [-0.4, -0.2) is 17.5 Å². The SMILES string of the molecule is CCC(NCC1CCCCS1)c1ccc(Cl)c(Cl)c1. The fourth-order valence-electron chi connectivity index (χ4n) is 2.47. The Morgan fingerprint density at radius 2 is 2.16 bits per heavy atom. The van der Waals surface area contributed by atoms with Crippen LogP contribution in [0.2, 0.25) is 10.0 Å². The van der Waals surface area contributed by atoms with Crippen molar-refractivity contribution in [3.63, 3.8) is 0 Å². The molecule has 1 heterocycles. The lowest BCUT2D eigenvalue weighted by molar-refractivity contribution is 0.500. The first-order valence-electron chi connectivity index (χ1n) is 7.00. The summed E-state index contributed by atoms with van der Waals surface area (Å²) in [5.74, 6) is 1.32. The van der Waals surface area contributed by atoms with Gasteiger partial charge >= 0.3 is 0 Å². The third-order valence-electron chi connectivity index (χ3n) is 3.62. The minimum Gasteiger partial charge on any atom is -0.309 e. The van der Waals surface area contributed by atoms with E-state index in [4.69, 9.17) is 23.2 Å². The van der Waals surface area contributed by atoms with Crippen LogP contribution in [0.5, 0.6) is 0 Å². The van der Waals surface area contributed by atoms with Gasteiger partial charge in [0.2, 0.25) is 0 Å². The molecule has 1 aliphatic rings. The van der Waals surface area contributed by atoms with E-state index in [-0.39, 0.29) is 0 Å². The number of benzene rings is 1. The van der Waals surface area contributed by atoms with Crippen molar-refractivity contribution in [2.24, 2.45) is 0 Å². The quantitative estimate of drug-likeness (QED) is 0.788. The van der Waals surface area contributed by atoms with Crippen LogP contribution in [-0.2, 0) is 0 Å². The van der Waals surface area contributed by atoms with Gasteiger partial charge in [-0.25, -0.2) is 0 Å². The summed E-state index contributed by atoms with van der Waals surface area (Å²) in [5.41, 5.74) is 1.23. The highest BCUT2D eigenvalue weighted by molar-refractivity contribution is 7.99. The second-order valence-corrected chi connectivity index (χ2v) is 7.25. The summed E-state index contributed by atoms with van der Waals surface area (Å²) in [5, 5.41) is 5.72. The maximum atomic E-state index is 6.10. The summed E-state index contributed by atoms with van der Waals surface area (Å²) in [7, 11) is 0. The lowest BCUT2D eigenvalue weighted by Crippen LogP contribution is -2.30. The van der Waals surface area contributed by atoms with E-state index < -0.39 is 0 Å². The van der Waals surface area contributed by atoms with E-state index in [1.54, 1.807) is 0 Å². The van der Waals surface area contributed by atoms with Gasteiger partial charge < -0.3 is 5.32 Å². The molecule has 2 atom stereocenters. The van der Waals surface area contributed by atoms with Crippen LogP contribution in [0.25, 0.3) is 0 Å². The predicted octanol–water partition coefficient (Wildman–Crippen LogP) is 5.32. The minimum atomic E-state index is 0.372. The molecule has 0 amide bonds. The Hall–Kier alpha value is 0.110. The molecule has 2 unspecified atom stereocenters. The third kappa shape index (κ3) is 4.56. The Morgan fingerprint density at radius 1 is 1.32 bits per heavy atom. The second-order valence-electron chi connectivity index (χ2n) is 5.03. The summed E-state index contributed by atoms with van der Waals surface area (Å²) >= 11 is 14.2. The number of rotatable bonds is 5. The van der Waals surface area contributed by atoms with Crippen molar-refractivity contribution < 1.29 is 0 Å². The summed E-state index contributed by atoms with van der Waals surface area (Å²) in [6.07, 6.45) is 5.17. The highest BCUT2D eigenvalue weighted by Gasteiger charge is 2.16. The molecule has 1 nitrogen and oxygen atoms in total. The van der Waals surface area contributed by atoms with Gasteiger partial charge in [0, 0.05) is 17.8 Å². The Kier molecular flexibility index (Phi) is 6.34. The topological polar surface area (TPSA) is 12.0 Å². The molecule has 1 aromatic rings. The average Bonchev–Trinajstić information content (AvgIpc) is 2.44. The highest BCUT2D eigenvalue weighted by Crippen LogP contribution is 2.28.